The maximum atomic E-state index is 9.28. The van der Waals surface area contributed by atoms with Gasteiger partial charge in [0.1, 0.15) is 6.04 Å². The highest BCUT2D eigenvalue weighted by Crippen LogP contribution is 2.21. The number of hydrogen-bond donors (Lipinski definition) is 1. The number of nitrogens with one attached hydrogen (secondary N) is 1. The van der Waals surface area contributed by atoms with E-state index in [4.69, 9.17) is 0 Å². The highest BCUT2D eigenvalue weighted by atomic mass is 79.9. The zero-order valence-corrected chi connectivity index (χ0v) is 13.5. The SMILES string of the molecule is CCN(CC)CCNC(C#N)c1ccc(C)c(Br)c1. The standard InChI is InChI=1S/C15H22BrN3/c1-4-19(5-2)9-8-18-15(11-17)13-7-6-12(3)14(16)10-13/h6-7,10,15,18H,4-5,8-9H2,1-3H3. The Morgan fingerprint density at radius 3 is 2.58 bits per heavy atom. The van der Waals surface area contributed by atoms with Crippen LogP contribution in [0.15, 0.2) is 22.7 Å². The highest BCUT2D eigenvalue weighted by Gasteiger charge is 2.11. The monoisotopic (exact) mass is 323 g/mol. The zero-order chi connectivity index (χ0) is 14.3. The van der Waals surface area contributed by atoms with Gasteiger partial charge >= 0.3 is 0 Å². The highest BCUT2D eigenvalue weighted by molar-refractivity contribution is 9.10. The lowest BCUT2D eigenvalue weighted by Crippen LogP contribution is -2.33. The van der Waals surface area contributed by atoms with Gasteiger partial charge in [-0.3, -0.25) is 5.32 Å². The third-order valence-electron chi connectivity index (χ3n) is 3.33. The summed E-state index contributed by atoms with van der Waals surface area (Å²) in [4.78, 5) is 2.34. The molecule has 1 aromatic rings. The van der Waals surface area contributed by atoms with Gasteiger partial charge in [-0.1, -0.05) is 41.9 Å². The fourth-order valence-electron chi connectivity index (χ4n) is 1.93. The van der Waals surface area contributed by atoms with Gasteiger partial charge < -0.3 is 4.90 Å². The molecule has 0 spiro atoms. The van der Waals surface area contributed by atoms with E-state index in [9.17, 15) is 5.26 Å². The fourth-order valence-corrected chi connectivity index (χ4v) is 2.33. The van der Waals surface area contributed by atoms with Gasteiger partial charge in [0.2, 0.25) is 0 Å². The molecular formula is C15H22BrN3. The fraction of sp³-hybridized carbons (Fsp3) is 0.533. The van der Waals surface area contributed by atoms with Gasteiger partial charge in [-0.2, -0.15) is 5.26 Å². The molecule has 0 bridgehead atoms. The first kappa shape index (κ1) is 16.2. The molecule has 104 valence electrons. The zero-order valence-electron chi connectivity index (χ0n) is 11.9. The summed E-state index contributed by atoms with van der Waals surface area (Å²) in [5, 5.41) is 12.6. The molecule has 0 fully saturated rings. The van der Waals surface area contributed by atoms with Crippen molar-refractivity contribution in [3.05, 3.63) is 33.8 Å². The summed E-state index contributed by atoms with van der Waals surface area (Å²) in [6.07, 6.45) is 0. The Balaban J connectivity index is 2.59. The number of nitriles is 1. The molecule has 0 saturated heterocycles. The van der Waals surface area contributed by atoms with Crippen LogP contribution in [0.3, 0.4) is 0 Å². The lowest BCUT2D eigenvalue weighted by atomic mass is 10.1. The van der Waals surface area contributed by atoms with Gasteiger partial charge in [-0.25, -0.2) is 0 Å². The minimum absolute atomic E-state index is 0.243. The second kappa shape index (κ2) is 8.31. The van der Waals surface area contributed by atoms with E-state index in [-0.39, 0.29) is 6.04 Å². The number of rotatable bonds is 7. The normalized spacial score (nSPS) is 12.4. The molecule has 0 saturated carbocycles. The number of halogens is 1. The van der Waals surface area contributed by atoms with Gasteiger partial charge in [0.15, 0.2) is 0 Å². The average Bonchev–Trinajstić information content (AvgIpc) is 2.42. The smallest absolute Gasteiger partial charge is 0.121 e. The molecule has 0 aliphatic heterocycles. The van der Waals surface area contributed by atoms with Crippen LogP contribution in [0.4, 0.5) is 0 Å². The average molecular weight is 324 g/mol. The predicted molar refractivity (Wildman–Crippen MR) is 83.0 cm³/mol. The van der Waals surface area contributed by atoms with Gasteiger partial charge in [0.25, 0.3) is 0 Å². The summed E-state index contributed by atoms with van der Waals surface area (Å²) in [5.74, 6) is 0. The van der Waals surface area contributed by atoms with E-state index in [0.717, 1.165) is 36.2 Å². The second-order valence-corrected chi connectivity index (χ2v) is 5.41. The molecule has 4 heteroatoms. The van der Waals surface area contributed by atoms with Gasteiger partial charge in [0.05, 0.1) is 6.07 Å². The second-order valence-electron chi connectivity index (χ2n) is 4.55. The van der Waals surface area contributed by atoms with Crippen LogP contribution in [0.1, 0.15) is 31.0 Å². The van der Waals surface area contributed by atoms with E-state index in [0.29, 0.717) is 0 Å². The topological polar surface area (TPSA) is 39.1 Å². The summed E-state index contributed by atoms with van der Waals surface area (Å²) < 4.78 is 1.05. The number of nitrogens with zero attached hydrogens (tertiary/aromatic N) is 2. The van der Waals surface area contributed by atoms with Crippen molar-refractivity contribution in [2.45, 2.75) is 26.8 Å². The van der Waals surface area contributed by atoms with Crippen LogP contribution < -0.4 is 5.32 Å². The lowest BCUT2D eigenvalue weighted by Gasteiger charge is -2.19. The minimum Gasteiger partial charge on any atom is -0.303 e. The van der Waals surface area contributed by atoms with Gasteiger partial charge in [-0.05, 0) is 37.2 Å². The summed E-state index contributed by atoms with van der Waals surface area (Å²) >= 11 is 3.51. The van der Waals surface area contributed by atoms with Crippen LogP contribution in [0.5, 0.6) is 0 Å². The largest absolute Gasteiger partial charge is 0.303 e. The van der Waals surface area contributed by atoms with Crippen molar-refractivity contribution in [3.8, 4) is 6.07 Å². The van der Waals surface area contributed by atoms with Crippen LogP contribution in [0.25, 0.3) is 0 Å². The van der Waals surface area contributed by atoms with Crippen molar-refractivity contribution in [3.63, 3.8) is 0 Å². The first-order valence-corrected chi connectivity index (χ1v) is 7.53. The van der Waals surface area contributed by atoms with Crippen LogP contribution in [0.2, 0.25) is 0 Å². The number of hydrogen-bond acceptors (Lipinski definition) is 3. The summed E-state index contributed by atoms with van der Waals surface area (Å²) in [6, 6.07) is 8.15. The van der Waals surface area contributed by atoms with E-state index in [1.807, 2.05) is 25.1 Å². The lowest BCUT2D eigenvalue weighted by molar-refractivity contribution is 0.300. The molecular weight excluding hydrogens is 302 g/mol. The number of aryl methyl sites for hydroxylation is 1. The van der Waals surface area contributed by atoms with Crippen LogP contribution >= 0.6 is 15.9 Å². The molecule has 0 amide bonds. The van der Waals surface area contributed by atoms with E-state index < -0.39 is 0 Å². The van der Waals surface area contributed by atoms with Crippen LogP contribution in [0, 0.1) is 18.3 Å². The Hall–Kier alpha value is -0.890. The number of likely N-dealkylation sites (N-methyl/N-ethyl adjacent to an activating group) is 1. The maximum absolute atomic E-state index is 9.28. The molecule has 19 heavy (non-hydrogen) atoms. The molecule has 0 aliphatic carbocycles. The van der Waals surface area contributed by atoms with E-state index in [2.05, 4.69) is 46.1 Å². The first-order chi connectivity index (χ1) is 9.12. The Morgan fingerprint density at radius 1 is 1.37 bits per heavy atom. The molecule has 0 radical (unpaired) electrons. The number of benzene rings is 1. The van der Waals surface area contributed by atoms with Crippen molar-refractivity contribution in [1.82, 2.24) is 10.2 Å². The summed E-state index contributed by atoms with van der Waals surface area (Å²) in [6.45, 7) is 10.2. The summed E-state index contributed by atoms with van der Waals surface area (Å²) in [5.41, 5.74) is 2.20. The third-order valence-corrected chi connectivity index (χ3v) is 4.18. The third kappa shape index (κ3) is 4.94. The van der Waals surface area contributed by atoms with E-state index in [1.165, 1.54) is 5.56 Å². The molecule has 0 heterocycles. The van der Waals surface area contributed by atoms with Crippen molar-refractivity contribution < 1.29 is 0 Å². The molecule has 1 unspecified atom stereocenters. The molecule has 1 aromatic carbocycles. The van der Waals surface area contributed by atoms with E-state index in [1.54, 1.807) is 0 Å². The molecule has 0 aromatic heterocycles. The Bertz CT molecular complexity index is 436. The Labute approximate surface area is 124 Å². The molecule has 3 nitrogen and oxygen atoms in total. The predicted octanol–water partition coefficient (Wildman–Crippen LogP) is 3.25. The Morgan fingerprint density at radius 2 is 2.05 bits per heavy atom. The maximum Gasteiger partial charge on any atom is 0.121 e. The minimum atomic E-state index is -0.243. The van der Waals surface area contributed by atoms with E-state index >= 15 is 0 Å². The van der Waals surface area contributed by atoms with Crippen molar-refractivity contribution in [1.29, 1.82) is 5.26 Å². The van der Waals surface area contributed by atoms with Crippen LogP contribution in [-0.2, 0) is 0 Å². The summed E-state index contributed by atoms with van der Waals surface area (Å²) in [7, 11) is 0. The van der Waals surface area contributed by atoms with Gasteiger partial charge in [-0.15, -0.1) is 0 Å². The van der Waals surface area contributed by atoms with Gasteiger partial charge in [0, 0.05) is 17.6 Å². The molecule has 1 rings (SSSR count). The molecule has 0 aliphatic rings. The molecule has 1 atom stereocenters. The Kier molecular flexibility index (Phi) is 7.07. The van der Waals surface area contributed by atoms with Crippen molar-refractivity contribution in [2.24, 2.45) is 0 Å². The quantitative estimate of drug-likeness (QED) is 0.837. The first-order valence-electron chi connectivity index (χ1n) is 6.73. The van der Waals surface area contributed by atoms with Crippen molar-refractivity contribution >= 4 is 15.9 Å². The van der Waals surface area contributed by atoms with Crippen LogP contribution in [-0.4, -0.2) is 31.1 Å². The van der Waals surface area contributed by atoms with Crippen molar-refractivity contribution in [2.75, 3.05) is 26.2 Å². The molecule has 1 N–H and O–H groups in total.